The quantitative estimate of drug-likeness (QED) is 0.615. The summed E-state index contributed by atoms with van der Waals surface area (Å²) in [5, 5.41) is 6.10. The van der Waals surface area contributed by atoms with E-state index in [1.165, 1.54) is 0 Å². The summed E-state index contributed by atoms with van der Waals surface area (Å²) < 4.78 is 4.92. The van der Waals surface area contributed by atoms with Crippen molar-refractivity contribution in [2.75, 3.05) is 46.4 Å². The standard InChI is InChI=1S/C14H27N3O3/c1-3-13(18)17-9-4-5-12(11-17)14(19)16-7-6-15-8-10-20-2/h12,15H,3-11H2,1-2H3,(H,16,19). The Labute approximate surface area is 121 Å². The second-order valence-electron chi connectivity index (χ2n) is 5.07. The number of rotatable bonds is 8. The lowest BCUT2D eigenvalue weighted by Gasteiger charge is -2.31. The highest BCUT2D eigenvalue weighted by atomic mass is 16.5. The average molecular weight is 285 g/mol. The van der Waals surface area contributed by atoms with Gasteiger partial charge in [0.25, 0.3) is 0 Å². The molecule has 1 fully saturated rings. The van der Waals surface area contributed by atoms with Crippen LogP contribution in [0.15, 0.2) is 0 Å². The molecule has 1 atom stereocenters. The lowest BCUT2D eigenvalue weighted by atomic mass is 9.97. The number of carbonyl (C=O) groups excluding carboxylic acids is 2. The van der Waals surface area contributed by atoms with Gasteiger partial charge >= 0.3 is 0 Å². The summed E-state index contributed by atoms with van der Waals surface area (Å²) in [6.45, 7) is 6.02. The molecule has 0 spiro atoms. The molecule has 6 heteroatoms. The van der Waals surface area contributed by atoms with Crippen LogP contribution in [-0.4, -0.2) is 63.2 Å². The first-order chi connectivity index (χ1) is 9.69. The monoisotopic (exact) mass is 285 g/mol. The van der Waals surface area contributed by atoms with Crippen LogP contribution in [0.1, 0.15) is 26.2 Å². The number of methoxy groups -OCH3 is 1. The molecular weight excluding hydrogens is 258 g/mol. The molecule has 2 N–H and O–H groups in total. The van der Waals surface area contributed by atoms with Gasteiger partial charge in [0.15, 0.2) is 0 Å². The molecule has 20 heavy (non-hydrogen) atoms. The lowest BCUT2D eigenvalue weighted by Crippen LogP contribution is -2.46. The van der Waals surface area contributed by atoms with Crippen LogP contribution in [-0.2, 0) is 14.3 Å². The van der Waals surface area contributed by atoms with E-state index in [0.29, 0.717) is 26.1 Å². The number of amides is 2. The normalized spacial score (nSPS) is 18.9. The van der Waals surface area contributed by atoms with Crippen molar-refractivity contribution in [3.05, 3.63) is 0 Å². The first-order valence-electron chi connectivity index (χ1n) is 7.44. The highest BCUT2D eigenvalue weighted by molar-refractivity contribution is 5.81. The van der Waals surface area contributed by atoms with Gasteiger partial charge in [0, 0.05) is 46.3 Å². The first-order valence-corrected chi connectivity index (χ1v) is 7.44. The minimum atomic E-state index is -0.0572. The zero-order valence-electron chi connectivity index (χ0n) is 12.6. The Hall–Kier alpha value is -1.14. The summed E-state index contributed by atoms with van der Waals surface area (Å²) in [7, 11) is 1.66. The minimum absolute atomic E-state index is 0.0572. The van der Waals surface area contributed by atoms with Crippen LogP contribution in [0.25, 0.3) is 0 Å². The van der Waals surface area contributed by atoms with E-state index in [9.17, 15) is 9.59 Å². The van der Waals surface area contributed by atoms with Crippen LogP contribution < -0.4 is 10.6 Å². The fourth-order valence-corrected chi connectivity index (χ4v) is 2.36. The fraction of sp³-hybridized carbons (Fsp3) is 0.857. The van der Waals surface area contributed by atoms with E-state index in [1.54, 1.807) is 7.11 Å². The SMILES string of the molecule is CCC(=O)N1CCCC(C(=O)NCCNCCOC)C1. The number of nitrogens with zero attached hydrogens (tertiary/aromatic N) is 1. The van der Waals surface area contributed by atoms with E-state index in [-0.39, 0.29) is 17.7 Å². The van der Waals surface area contributed by atoms with Crippen LogP contribution in [0.2, 0.25) is 0 Å². The molecule has 0 saturated carbocycles. The van der Waals surface area contributed by atoms with Crippen LogP contribution >= 0.6 is 0 Å². The number of nitrogens with one attached hydrogen (secondary N) is 2. The smallest absolute Gasteiger partial charge is 0.224 e. The largest absolute Gasteiger partial charge is 0.383 e. The number of hydrogen-bond acceptors (Lipinski definition) is 4. The Morgan fingerprint density at radius 2 is 2.10 bits per heavy atom. The van der Waals surface area contributed by atoms with Gasteiger partial charge in [-0.15, -0.1) is 0 Å². The van der Waals surface area contributed by atoms with Gasteiger partial charge in [0.1, 0.15) is 0 Å². The van der Waals surface area contributed by atoms with Gasteiger partial charge in [-0.2, -0.15) is 0 Å². The van der Waals surface area contributed by atoms with Crippen LogP contribution in [0.3, 0.4) is 0 Å². The van der Waals surface area contributed by atoms with Gasteiger partial charge in [-0.1, -0.05) is 6.92 Å². The van der Waals surface area contributed by atoms with Crippen molar-refractivity contribution >= 4 is 11.8 Å². The number of piperidine rings is 1. The van der Waals surface area contributed by atoms with Crippen molar-refractivity contribution in [1.82, 2.24) is 15.5 Å². The summed E-state index contributed by atoms with van der Waals surface area (Å²) in [5.74, 6) is 0.147. The molecule has 0 aromatic rings. The molecule has 0 radical (unpaired) electrons. The predicted molar refractivity (Wildman–Crippen MR) is 77.4 cm³/mol. The van der Waals surface area contributed by atoms with Gasteiger partial charge < -0.3 is 20.3 Å². The molecule has 0 aromatic heterocycles. The number of likely N-dealkylation sites (tertiary alicyclic amines) is 1. The van der Waals surface area contributed by atoms with E-state index in [4.69, 9.17) is 4.74 Å². The molecular formula is C14H27N3O3. The van der Waals surface area contributed by atoms with Crippen molar-refractivity contribution in [3.8, 4) is 0 Å². The summed E-state index contributed by atoms with van der Waals surface area (Å²) in [6.07, 6.45) is 2.30. The number of ether oxygens (including phenoxy) is 1. The van der Waals surface area contributed by atoms with Crippen molar-refractivity contribution < 1.29 is 14.3 Å². The van der Waals surface area contributed by atoms with E-state index >= 15 is 0 Å². The molecule has 116 valence electrons. The molecule has 1 unspecified atom stereocenters. The zero-order valence-corrected chi connectivity index (χ0v) is 12.6. The third-order valence-electron chi connectivity index (χ3n) is 3.53. The van der Waals surface area contributed by atoms with E-state index in [2.05, 4.69) is 10.6 Å². The van der Waals surface area contributed by atoms with Gasteiger partial charge in [-0.3, -0.25) is 9.59 Å². The second kappa shape index (κ2) is 9.72. The third kappa shape index (κ3) is 5.88. The van der Waals surface area contributed by atoms with Crippen molar-refractivity contribution in [2.24, 2.45) is 5.92 Å². The first kappa shape index (κ1) is 16.9. The molecule has 1 saturated heterocycles. The van der Waals surface area contributed by atoms with Crippen LogP contribution in [0, 0.1) is 5.92 Å². The van der Waals surface area contributed by atoms with Gasteiger partial charge in [-0.05, 0) is 12.8 Å². The average Bonchev–Trinajstić information content (AvgIpc) is 2.49. The molecule has 6 nitrogen and oxygen atoms in total. The van der Waals surface area contributed by atoms with E-state index < -0.39 is 0 Å². The predicted octanol–water partition coefficient (Wildman–Crippen LogP) is -0.0128. The van der Waals surface area contributed by atoms with Crippen LogP contribution in [0.4, 0.5) is 0 Å². The van der Waals surface area contributed by atoms with E-state index in [0.717, 1.165) is 32.5 Å². The van der Waals surface area contributed by atoms with E-state index in [1.807, 2.05) is 11.8 Å². The molecule has 1 rings (SSSR count). The Balaban J connectivity index is 2.20. The summed E-state index contributed by atoms with van der Waals surface area (Å²) >= 11 is 0. The third-order valence-corrected chi connectivity index (χ3v) is 3.53. The van der Waals surface area contributed by atoms with Crippen LogP contribution in [0.5, 0.6) is 0 Å². The Kier molecular flexibility index (Phi) is 8.22. The summed E-state index contributed by atoms with van der Waals surface area (Å²) in [5.41, 5.74) is 0. The molecule has 0 aliphatic carbocycles. The fourth-order valence-electron chi connectivity index (χ4n) is 2.36. The van der Waals surface area contributed by atoms with Gasteiger partial charge in [0.05, 0.1) is 12.5 Å². The van der Waals surface area contributed by atoms with Crippen molar-refractivity contribution in [2.45, 2.75) is 26.2 Å². The van der Waals surface area contributed by atoms with Crippen molar-refractivity contribution in [1.29, 1.82) is 0 Å². The lowest BCUT2D eigenvalue weighted by molar-refractivity contribution is -0.135. The molecule has 1 heterocycles. The molecule has 1 aliphatic rings. The summed E-state index contributed by atoms with van der Waals surface area (Å²) in [6, 6.07) is 0. The maximum Gasteiger partial charge on any atom is 0.224 e. The highest BCUT2D eigenvalue weighted by Crippen LogP contribution is 2.17. The number of hydrogen-bond donors (Lipinski definition) is 2. The highest BCUT2D eigenvalue weighted by Gasteiger charge is 2.27. The maximum absolute atomic E-state index is 12.0. The zero-order chi connectivity index (χ0) is 14.8. The number of carbonyl (C=O) groups is 2. The Morgan fingerprint density at radius 1 is 1.30 bits per heavy atom. The van der Waals surface area contributed by atoms with Crippen molar-refractivity contribution in [3.63, 3.8) is 0 Å². The molecule has 0 aromatic carbocycles. The Bertz CT molecular complexity index is 310. The van der Waals surface area contributed by atoms with Gasteiger partial charge in [-0.25, -0.2) is 0 Å². The van der Waals surface area contributed by atoms with Gasteiger partial charge in [0.2, 0.25) is 11.8 Å². The summed E-state index contributed by atoms with van der Waals surface area (Å²) in [4.78, 5) is 25.5. The maximum atomic E-state index is 12.0. The molecule has 1 aliphatic heterocycles. The minimum Gasteiger partial charge on any atom is -0.383 e. The molecule has 2 amide bonds. The Morgan fingerprint density at radius 3 is 2.80 bits per heavy atom. The molecule has 0 bridgehead atoms. The topological polar surface area (TPSA) is 70.7 Å². The second-order valence-corrected chi connectivity index (χ2v) is 5.07.